The van der Waals surface area contributed by atoms with E-state index in [0.29, 0.717) is 0 Å². The minimum Gasteiger partial charge on any atom is -0.409 e. The van der Waals surface area contributed by atoms with Gasteiger partial charge in [0.05, 0.1) is 17.4 Å². The third-order valence-corrected chi connectivity index (χ3v) is 2.87. The summed E-state index contributed by atoms with van der Waals surface area (Å²) >= 11 is 0. The molecular formula is C12H13N5O3. The van der Waals surface area contributed by atoms with Crippen LogP contribution in [0.5, 0.6) is 0 Å². The summed E-state index contributed by atoms with van der Waals surface area (Å²) in [5, 5.41) is 26.4. The van der Waals surface area contributed by atoms with Gasteiger partial charge < -0.3 is 10.9 Å². The fraction of sp³-hybridized carbons (Fsp3) is 0.167. The van der Waals surface area contributed by atoms with Crippen LogP contribution in [0.4, 0.5) is 5.69 Å². The lowest BCUT2D eigenvalue weighted by molar-refractivity contribution is -0.385. The fourth-order valence-electron chi connectivity index (χ4n) is 1.86. The zero-order chi connectivity index (χ0) is 14.5. The molecule has 1 heterocycles. The maximum Gasteiger partial charge on any atom is 0.306 e. The topological polar surface area (TPSA) is 120 Å². The molecule has 0 aliphatic rings. The highest BCUT2D eigenvalue weighted by Crippen LogP contribution is 2.19. The molecule has 0 spiro atoms. The van der Waals surface area contributed by atoms with Crippen LogP contribution in [0.2, 0.25) is 0 Å². The van der Waals surface area contributed by atoms with E-state index >= 15 is 0 Å². The van der Waals surface area contributed by atoms with E-state index in [1.54, 1.807) is 0 Å². The first kappa shape index (κ1) is 13.5. The maximum atomic E-state index is 10.6. The van der Waals surface area contributed by atoms with Gasteiger partial charge in [0, 0.05) is 0 Å². The molecule has 1 unspecified atom stereocenters. The first-order valence-corrected chi connectivity index (χ1v) is 5.81. The van der Waals surface area contributed by atoms with Crippen LogP contribution in [-0.2, 0) is 6.54 Å². The molecule has 0 amide bonds. The van der Waals surface area contributed by atoms with Gasteiger partial charge in [0.25, 0.3) is 0 Å². The fourth-order valence-corrected chi connectivity index (χ4v) is 1.86. The standard InChI is InChI=1S/C12H13N5O3/c13-12(15-18)11(9-4-2-1-3-5-9)8-16-7-10(6-14-16)17(19)20/h1-7,11,18H,8H2,(H2,13,15). The Bertz CT molecular complexity index is 623. The predicted molar refractivity (Wildman–Crippen MR) is 71.5 cm³/mol. The summed E-state index contributed by atoms with van der Waals surface area (Å²) < 4.78 is 1.40. The molecule has 104 valence electrons. The summed E-state index contributed by atoms with van der Waals surface area (Å²) in [6.07, 6.45) is 2.47. The molecule has 0 saturated carbocycles. The normalized spacial score (nSPS) is 13.1. The lowest BCUT2D eigenvalue weighted by Gasteiger charge is -2.15. The molecule has 3 N–H and O–H groups in total. The third kappa shape index (κ3) is 2.91. The van der Waals surface area contributed by atoms with Crippen molar-refractivity contribution in [3.63, 3.8) is 0 Å². The van der Waals surface area contributed by atoms with E-state index in [9.17, 15) is 10.1 Å². The lowest BCUT2D eigenvalue weighted by Crippen LogP contribution is -2.26. The average molecular weight is 275 g/mol. The van der Waals surface area contributed by atoms with Crippen LogP contribution in [0.1, 0.15) is 11.5 Å². The van der Waals surface area contributed by atoms with Crippen LogP contribution in [0.25, 0.3) is 0 Å². The van der Waals surface area contributed by atoms with Gasteiger partial charge in [-0.2, -0.15) is 5.10 Å². The summed E-state index contributed by atoms with van der Waals surface area (Å²) in [5.41, 5.74) is 6.42. The Kier molecular flexibility index (Phi) is 3.94. The largest absolute Gasteiger partial charge is 0.409 e. The predicted octanol–water partition coefficient (Wildman–Crippen LogP) is 1.32. The van der Waals surface area contributed by atoms with Gasteiger partial charge in [-0.05, 0) is 5.56 Å². The van der Waals surface area contributed by atoms with Gasteiger partial charge in [0.1, 0.15) is 18.2 Å². The second-order valence-electron chi connectivity index (χ2n) is 4.17. The Balaban J connectivity index is 2.26. The number of nitrogens with two attached hydrogens (primary N) is 1. The van der Waals surface area contributed by atoms with E-state index in [1.165, 1.54) is 10.9 Å². The first-order valence-electron chi connectivity index (χ1n) is 5.81. The Morgan fingerprint density at radius 2 is 2.20 bits per heavy atom. The molecule has 0 saturated heterocycles. The molecular weight excluding hydrogens is 262 g/mol. The van der Waals surface area contributed by atoms with Gasteiger partial charge in [-0.15, -0.1) is 0 Å². The summed E-state index contributed by atoms with van der Waals surface area (Å²) in [4.78, 5) is 10.1. The van der Waals surface area contributed by atoms with Gasteiger partial charge in [-0.3, -0.25) is 14.8 Å². The van der Waals surface area contributed by atoms with Crippen molar-refractivity contribution < 1.29 is 10.1 Å². The highest BCUT2D eigenvalue weighted by atomic mass is 16.6. The molecule has 2 aromatic rings. The average Bonchev–Trinajstić information content (AvgIpc) is 2.94. The number of rotatable bonds is 5. The molecule has 0 bridgehead atoms. The molecule has 0 aliphatic heterocycles. The van der Waals surface area contributed by atoms with Crippen LogP contribution in [0.15, 0.2) is 47.9 Å². The van der Waals surface area contributed by atoms with Crippen molar-refractivity contribution >= 4 is 11.5 Å². The van der Waals surface area contributed by atoms with Gasteiger partial charge in [-0.1, -0.05) is 35.5 Å². The molecule has 1 aromatic carbocycles. The minimum absolute atomic E-state index is 0.0225. The third-order valence-electron chi connectivity index (χ3n) is 2.87. The molecule has 0 aliphatic carbocycles. The minimum atomic E-state index is -0.523. The van der Waals surface area contributed by atoms with Crippen molar-refractivity contribution in [2.75, 3.05) is 0 Å². The number of nitro groups is 1. The van der Waals surface area contributed by atoms with Crippen molar-refractivity contribution in [3.8, 4) is 0 Å². The molecule has 8 heteroatoms. The van der Waals surface area contributed by atoms with Crippen LogP contribution in [0, 0.1) is 10.1 Å². The number of aromatic nitrogens is 2. The summed E-state index contributed by atoms with van der Waals surface area (Å²) in [5.74, 6) is -0.393. The van der Waals surface area contributed by atoms with Crippen LogP contribution >= 0.6 is 0 Å². The van der Waals surface area contributed by atoms with Crippen molar-refractivity contribution in [1.29, 1.82) is 0 Å². The Hall–Kier alpha value is -2.90. The van der Waals surface area contributed by atoms with Gasteiger partial charge in [0.15, 0.2) is 0 Å². The zero-order valence-electron chi connectivity index (χ0n) is 10.5. The monoisotopic (exact) mass is 275 g/mol. The Morgan fingerprint density at radius 1 is 1.50 bits per heavy atom. The Labute approximate surface area is 114 Å². The zero-order valence-corrected chi connectivity index (χ0v) is 10.5. The van der Waals surface area contributed by atoms with Gasteiger partial charge in [0.2, 0.25) is 0 Å². The van der Waals surface area contributed by atoms with Crippen LogP contribution in [-0.4, -0.2) is 25.7 Å². The number of hydrogen-bond donors (Lipinski definition) is 2. The molecule has 20 heavy (non-hydrogen) atoms. The van der Waals surface area contributed by atoms with E-state index in [-0.39, 0.29) is 18.1 Å². The quantitative estimate of drug-likeness (QED) is 0.280. The number of amidine groups is 1. The van der Waals surface area contributed by atoms with E-state index < -0.39 is 10.8 Å². The molecule has 8 nitrogen and oxygen atoms in total. The first-order chi connectivity index (χ1) is 9.61. The van der Waals surface area contributed by atoms with Gasteiger partial charge >= 0.3 is 5.69 Å². The van der Waals surface area contributed by atoms with Crippen molar-refractivity contribution in [1.82, 2.24) is 9.78 Å². The number of nitrogens with zero attached hydrogens (tertiary/aromatic N) is 4. The molecule has 0 fully saturated rings. The van der Waals surface area contributed by atoms with Crippen molar-refractivity contribution in [2.45, 2.75) is 12.5 Å². The smallest absolute Gasteiger partial charge is 0.306 e. The second-order valence-corrected chi connectivity index (χ2v) is 4.17. The molecule has 1 atom stereocenters. The molecule has 1 aromatic heterocycles. The summed E-state index contributed by atoms with van der Waals surface area (Å²) in [6.45, 7) is 0.244. The van der Waals surface area contributed by atoms with Crippen LogP contribution < -0.4 is 5.73 Å². The highest BCUT2D eigenvalue weighted by molar-refractivity contribution is 5.86. The molecule has 0 radical (unpaired) electrons. The van der Waals surface area contributed by atoms with E-state index in [1.807, 2.05) is 30.3 Å². The Morgan fingerprint density at radius 3 is 2.75 bits per heavy atom. The number of benzene rings is 1. The van der Waals surface area contributed by atoms with Crippen molar-refractivity contribution in [3.05, 3.63) is 58.4 Å². The van der Waals surface area contributed by atoms with E-state index in [0.717, 1.165) is 11.8 Å². The summed E-state index contributed by atoms with van der Waals surface area (Å²) in [6, 6.07) is 9.18. The van der Waals surface area contributed by atoms with E-state index in [2.05, 4.69) is 10.3 Å². The van der Waals surface area contributed by atoms with Crippen molar-refractivity contribution in [2.24, 2.45) is 10.9 Å². The maximum absolute atomic E-state index is 10.6. The number of hydrogen-bond acceptors (Lipinski definition) is 5. The van der Waals surface area contributed by atoms with Crippen LogP contribution in [0.3, 0.4) is 0 Å². The van der Waals surface area contributed by atoms with Gasteiger partial charge in [-0.25, -0.2) is 0 Å². The highest BCUT2D eigenvalue weighted by Gasteiger charge is 2.19. The lowest BCUT2D eigenvalue weighted by atomic mass is 9.98. The SMILES string of the molecule is N/C(=N/O)C(Cn1cc([N+](=O)[O-])cn1)c1ccccc1. The molecule has 2 rings (SSSR count). The second kappa shape index (κ2) is 5.83. The van der Waals surface area contributed by atoms with E-state index in [4.69, 9.17) is 10.9 Å². The number of oxime groups is 1. The summed E-state index contributed by atoms with van der Waals surface area (Å²) in [7, 11) is 0.